The monoisotopic (exact) mass is 350 g/mol. The maximum absolute atomic E-state index is 12.8. The summed E-state index contributed by atoms with van der Waals surface area (Å²) in [5.41, 5.74) is 4.42. The van der Waals surface area contributed by atoms with Crippen LogP contribution in [-0.4, -0.2) is 40.7 Å². The van der Waals surface area contributed by atoms with Gasteiger partial charge in [0.2, 0.25) is 11.8 Å². The van der Waals surface area contributed by atoms with Crippen LogP contribution in [0.15, 0.2) is 48.5 Å². The molecule has 0 unspecified atom stereocenters. The van der Waals surface area contributed by atoms with Crippen LogP contribution in [0.2, 0.25) is 0 Å². The molecule has 3 rings (SSSR count). The van der Waals surface area contributed by atoms with Crippen molar-refractivity contribution in [2.45, 2.75) is 39.8 Å². The molecule has 136 valence electrons. The zero-order chi connectivity index (χ0) is 18.7. The SMILES string of the molecule is Cc1ccc(C)c(CC(=O)N2CCN(Cc3ccccc3)C(=O)[C@@H]2C)c1. The van der Waals surface area contributed by atoms with E-state index in [-0.39, 0.29) is 11.8 Å². The molecule has 0 saturated carbocycles. The Labute approximate surface area is 155 Å². The Morgan fingerprint density at radius 3 is 2.54 bits per heavy atom. The molecule has 2 amide bonds. The lowest BCUT2D eigenvalue weighted by Gasteiger charge is -2.39. The maximum atomic E-state index is 12.8. The number of hydrogen-bond donors (Lipinski definition) is 0. The number of piperazine rings is 1. The summed E-state index contributed by atoms with van der Waals surface area (Å²) in [6, 6.07) is 15.7. The molecule has 1 fully saturated rings. The quantitative estimate of drug-likeness (QED) is 0.850. The van der Waals surface area contributed by atoms with Crippen molar-refractivity contribution in [2.24, 2.45) is 0 Å². The highest BCUT2D eigenvalue weighted by Gasteiger charge is 2.34. The third-order valence-electron chi connectivity index (χ3n) is 5.13. The molecular weight excluding hydrogens is 324 g/mol. The number of nitrogens with zero attached hydrogens (tertiary/aromatic N) is 2. The third kappa shape index (κ3) is 3.96. The average molecular weight is 350 g/mol. The Morgan fingerprint density at radius 2 is 1.81 bits per heavy atom. The Kier molecular flexibility index (Phi) is 5.40. The van der Waals surface area contributed by atoms with Crippen molar-refractivity contribution in [2.75, 3.05) is 13.1 Å². The molecule has 1 aliphatic heterocycles. The topological polar surface area (TPSA) is 40.6 Å². The number of aryl methyl sites for hydroxylation is 2. The molecule has 4 nitrogen and oxygen atoms in total. The zero-order valence-electron chi connectivity index (χ0n) is 15.7. The van der Waals surface area contributed by atoms with Crippen molar-refractivity contribution < 1.29 is 9.59 Å². The van der Waals surface area contributed by atoms with Gasteiger partial charge in [0.25, 0.3) is 0 Å². The molecule has 2 aromatic rings. The van der Waals surface area contributed by atoms with Gasteiger partial charge in [-0.2, -0.15) is 0 Å². The maximum Gasteiger partial charge on any atom is 0.245 e. The Morgan fingerprint density at radius 1 is 1.08 bits per heavy atom. The minimum absolute atomic E-state index is 0.0226. The minimum atomic E-state index is -0.412. The summed E-state index contributed by atoms with van der Waals surface area (Å²) in [7, 11) is 0. The summed E-state index contributed by atoms with van der Waals surface area (Å²) in [6.45, 7) is 7.65. The van der Waals surface area contributed by atoms with E-state index < -0.39 is 6.04 Å². The van der Waals surface area contributed by atoms with E-state index in [4.69, 9.17) is 0 Å². The van der Waals surface area contributed by atoms with Crippen LogP contribution in [-0.2, 0) is 22.6 Å². The molecule has 0 aromatic heterocycles. The van der Waals surface area contributed by atoms with E-state index in [0.29, 0.717) is 26.1 Å². The standard InChI is InChI=1S/C22H26N2O2/c1-16-9-10-17(2)20(13-16)14-21(25)24-12-11-23(22(26)18(24)3)15-19-7-5-4-6-8-19/h4-10,13,18H,11-12,14-15H2,1-3H3/t18-/m0/s1. The first-order chi connectivity index (χ1) is 12.5. The lowest BCUT2D eigenvalue weighted by molar-refractivity contribution is -0.150. The van der Waals surface area contributed by atoms with E-state index in [0.717, 1.165) is 22.3 Å². The molecule has 1 saturated heterocycles. The average Bonchev–Trinajstić information content (AvgIpc) is 2.63. The number of benzene rings is 2. The Balaban J connectivity index is 1.66. The van der Waals surface area contributed by atoms with Crippen molar-refractivity contribution in [1.82, 2.24) is 9.80 Å². The van der Waals surface area contributed by atoms with Crippen LogP contribution in [0.5, 0.6) is 0 Å². The predicted octanol–water partition coefficient (Wildman–Crippen LogP) is 3.11. The lowest BCUT2D eigenvalue weighted by Crippen LogP contribution is -2.57. The van der Waals surface area contributed by atoms with Crippen LogP contribution in [0.25, 0.3) is 0 Å². The molecule has 4 heteroatoms. The third-order valence-corrected chi connectivity index (χ3v) is 5.13. The van der Waals surface area contributed by atoms with Crippen molar-refractivity contribution in [3.8, 4) is 0 Å². The van der Waals surface area contributed by atoms with Crippen LogP contribution in [0.3, 0.4) is 0 Å². The highest BCUT2D eigenvalue weighted by molar-refractivity contribution is 5.89. The highest BCUT2D eigenvalue weighted by Crippen LogP contribution is 2.18. The van der Waals surface area contributed by atoms with Crippen LogP contribution >= 0.6 is 0 Å². The second-order valence-corrected chi connectivity index (χ2v) is 7.12. The van der Waals surface area contributed by atoms with Crippen molar-refractivity contribution in [3.63, 3.8) is 0 Å². The van der Waals surface area contributed by atoms with Gasteiger partial charge in [0, 0.05) is 19.6 Å². The van der Waals surface area contributed by atoms with Gasteiger partial charge in [0.1, 0.15) is 6.04 Å². The minimum Gasteiger partial charge on any atom is -0.335 e. The molecule has 2 aromatic carbocycles. The fourth-order valence-electron chi connectivity index (χ4n) is 3.49. The molecule has 0 spiro atoms. The summed E-state index contributed by atoms with van der Waals surface area (Å²) in [5.74, 6) is 0.0494. The summed E-state index contributed by atoms with van der Waals surface area (Å²) < 4.78 is 0. The molecule has 0 N–H and O–H groups in total. The first kappa shape index (κ1) is 18.2. The number of rotatable bonds is 4. The van der Waals surface area contributed by atoms with E-state index in [1.165, 1.54) is 0 Å². The smallest absolute Gasteiger partial charge is 0.245 e. The van der Waals surface area contributed by atoms with Crippen molar-refractivity contribution in [3.05, 3.63) is 70.8 Å². The molecule has 1 aliphatic rings. The Bertz CT molecular complexity index is 801. The van der Waals surface area contributed by atoms with Gasteiger partial charge in [-0.3, -0.25) is 9.59 Å². The molecule has 26 heavy (non-hydrogen) atoms. The molecule has 1 heterocycles. The second-order valence-electron chi connectivity index (χ2n) is 7.12. The van der Waals surface area contributed by atoms with E-state index >= 15 is 0 Å². The first-order valence-electron chi connectivity index (χ1n) is 9.14. The van der Waals surface area contributed by atoms with Crippen LogP contribution in [0.1, 0.15) is 29.2 Å². The van der Waals surface area contributed by atoms with Crippen molar-refractivity contribution >= 4 is 11.8 Å². The van der Waals surface area contributed by atoms with Gasteiger partial charge in [0.05, 0.1) is 6.42 Å². The van der Waals surface area contributed by atoms with Crippen LogP contribution in [0.4, 0.5) is 0 Å². The van der Waals surface area contributed by atoms with E-state index in [1.54, 1.807) is 4.90 Å². The summed E-state index contributed by atoms with van der Waals surface area (Å²) in [4.78, 5) is 29.1. The van der Waals surface area contributed by atoms with Gasteiger partial charge in [-0.05, 0) is 37.5 Å². The van der Waals surface area contributed by atoms with E-state index in [2.05, 4.69) is 12.1 Å². The van der Waals surface area contributed by atoms with E-state index in [1.807, 2.05) is 62.1 Å². The first-order valence-corrected chi connectivity index (χ1v) is 9.14. The molecule has 0 aliphatic carbocycles. The molecule has 1 atom stereocenters. The van der Waals surface area contributed by atoms with Gasteiger partial charge >= 0.3 is 0 Å². The Hall–Kier alpha value is -2.62. The second kappa shape index (κ2) is 7.73. The van der Waals surface area contributed by atoms with Gasteiger partial charge in [-0.15, -0.1) is 0 Å². The summed E-state index contributed by atoms with van der Waals surface area (Å²) in [5, 5.41) is 0. The zero-order valence-corrected chi connectivity index (χ0v) is 15.7. The highest BCUT2D eigenvalue weighted by atomic mass is 16.2. The number of hydrogen-bond acceptors (Lipinski definition) is 2. The van der Waals surface area contributed by atoms with Gasteiger partial charge in [-0.25, -0.2) is 0 Å². The molecular formula is C22H26N2O2. The number of amides is 2. The summed E-state index contributed by atoms with van der Waals surface area (Å²) >= 11 is 0. The normalized spacial score (nSPS) is 17.5. The molecule has 0 bridgehead atoms. The predicted molar refractivity (Wildman–Crippen MR) is 103 cm³/mol. The fraction of sp³-hybridized carbons (Fsp3) is 0.364. The van der Waals surface area contributed by atoms with Crippen molar-refractivity contribution in [1.29, 1.82) is 0 Å². The van der Waals surface area contributed by atoms with Gasteiger partial charge in [0.15, 0.2) is 0 Å². The van der Waals surface area contributed by atoms with E-state index in [9.17, 15) is 9.59 Å². The molecule has 0 radical (unpaired) electrons. The number of carbonyl (C=O) groups excluding carboxylic acids is 2. The fourth-order valence-corrected chi connectivity index (χ4v) is 3.49. The lowest BCUT2D eigenvalue weighted by atomic mass is 10.0. The van der Waals surface area contributed by atoms with Crippen LogP contribution in [0, 0.1) is 13.8 Å². The number of carbonyl (C=O) groups is 2. The summed E-state index contributed by atoms with van der Waals surface area (Å²) in [6.07, 6.45) is 0.351. The van der Waals surface area contributed by atoms with Gasteiger partial charge in [-0.1, -0.05) is 54.1 Å². The van der Waals surface area contributed by atoms with Gasteiger partial charge < -0.3 is 9.80 Å². The van der Waals surface area contributed by atoms with Crippen LogP contribution < -0.4 is 0 Å². The largest absolute Gasteiger partial charge is 0.335 e.